The largest absolute Gasteiger partial charge is 0.322 e. The van der Waals surface area contributed by atoms with Gasteiger partial charge in [-0.05, 0) is 55.8 Å². The zero-order chi connectivity index (χ0) is 20.4. The molecule has 2 N–H and O–H groups in total. The van der Waals surface area contributed by atoms with Crippen LogP contribution in [0.25, 0.3) is 0 Å². The number of hydrogen-bond acceptors (Lipinski definition) is 5. The van der Waals surface area contributed by atoms with Gasteiger partial charge in [0.1, 0.15) is 0 Å². The lowest BCUT2D eigenvalue weighted by Gasteiger charge is -2.12. The van der Waals surface area contributed by atoms with Crippen LogP contribution >= 0.6 is 11.6 Å². The van der Waals surface area contributed by atoms with Crippen molar-refractivity contribution < 1.29 is 21.6 Å². The van der Waals surface area contributed by atoms with Gasteiger partial charge in [0, 0.05) is 17.5 Å². The van der Waals surface area contributed by atoms with Gasteiger partial charge in [0.05, 0.1) is 21.4 Å². The lowest BCUT2D eigenvalue weighted by Crippen LogP contribution is -2.16. The van der Waals surface area contributed by atoms with E-state index in [1.807, 2.05) is 0 Å². The summed E-state index contributed by atoms with van der Waals surface area (Å²) in [6.45, 7) is 3.23. The van der Waals surface area contributed by atoms with Gasteiger partial charge in [-0.1, -0.05) is 11.6 Å². The molecule has 0 aliphatic heterocycles. The van der Waals surface area contributed by atoms with Crippen LogP contribution in [-0.2, 0) is 19.9 Å². The van der Waals surface area contributed by atoms with Gasteiger partial charge in [0.25, 0.3) is 5.91 Å². The standard InChI is InChI=1S/C17H19ClN2O5S2/c1-4-27(24,25)20-15-8-6-13(9-11(15)2)19-17(21)12-5-7-14(18)16(10-12)26(3,22)23/h5-10,20H,4H2,1-3H3,(H,19,21). The lowest BCUT2D eigenvalue weighted by atomic mass is 10.1. The minimum Gasteiger partial charge on any atom is -0.322 e. The smallest absolute Gasteiger partial charge is 0.255 e. The number of rotatable bonds is 6. The molecule has 10 heteroatoms. The molecular formula is C17H19ClN2O5S2. The molecular weight excluding hydrogens is 412 g/mol. The van der Waals surface area contributed by atoms with Crippen LogP contribution in [-0.4, -0.2) is 34.8 Å². The minimum absolute atomic E-state index is 0.0393. The average molecular weight is 431 g/mol. The first-order chi connectivity index (χ1) is 12.4. The van der Waals surface area contributed by atoms with Crippen molar-refractivity contribution >= 4 is 48.7 Å². The first-order valence-corrected chi connectivity index (χ1v) is 11.8. The van der Waals surface area contributed by atoms with E-state index < -0.39 is 25.8 Å². The van der Waals surface area contributed by atoms with Gasteiger partial charge in [-0.25, -0.2) is 16.8 Å². The summed E-state index contributed by atoms with van der Waals surface area (Å²) >= 11 is 5.88. The Morgan fingerprint density at radius 3 is 2.30 bits per heavy atom. The molecule has 0 fully saturated rings. The summed E-state index contributed by atoms with van der Waals surface area (Å²) in [5.74, 6) is -0.567. The van der Waals surface area contributed by atoms with Crippen LogP contribution in [0.4, 0.5) is 11.4 Å². The summed E-state index contributed by atoms with van der Waals surface area (Å²) in [7, 11) is -6.98. The van der Waals surface area contributed by atoms with E-state index in [-0.39, 0.29) is 21.2 Å². The average Bonchev–Trinajstić information content (AvgIpc) is 2.56. The molecule has 2 aromatic carbocycles. The van der Waals surface area contributed by atoms with Crippen LogP contribution in [0.15, 0.2) is 41.3 Å². The predicted octanol–water partition coefficient (Wildman–Crippen LogP) is 3.07. The summed E-state index contributed by atoms with van der Waals surface area (Å²) in [4.78, 5) is 12.3. The molecule has 2 rings (SSSR count). The van der Waals surface area contributed by atoms with Gasteiger partial charge in [0.2, 0.25) is 10.0 Å². The topological polar surface area (TPSA) is 109 Å². The van der Waals surface area contributed by atoms with Crippen molar-refractivity contribution in [2.24, 2.45) is 0 Å². The van der Waals surface area contributed by atoms with Crippen molar-refractivity contribution in [3.63, 3.8) is 0 Å². The number of hydrogen-bond donors (Lipinski definition) is 2. The second kappa shape index (κ2) is 7.87. The Bertz CT molecular complexity index is 1100. The zero-order valence-corrected chi connectivity index (χ0v) is 17.3. The van der Waals surface area contributed by atoms with Crippen molar-refractivity contribution in [2.75, 3.05) is 22.0 Å². The van der Waals surface area contributed by atoms with Crippen molar-refractivity contribution in [1.29, 1.82) is 0 Å². The maximum absolute atomic E-state index is 12.4. The summed E-state index contributed by atoms with van der Waals surface area (Å²) in [6, 6.07) is 8.68. The normalized spacial score (nSPS) is 11.9. The van der Waals surface area contributed by atoms with Gasteiger partial charge in [-0.15, -0.1) is 0 Å². The second-order valence-corrected chi connectivity index (χ2v) is 10.3. The predicted molar refractivity (Wildman–Crippen MR) is 107 cm³/mol. The fraction of sp³-hybridized carbons (Fsp3) is 0.235. The first kappa shape index (κ1) is 21.2. The van der Waals surface area contributed by atoms with E-state index in [2.05, 4.69) is 10.0 Å². The molecule has 0 aliphatic carbocycles. The van der Waals surface area contributed by atoms with Crippen LogP contribution in [0.1, 0.15) is 22.8 Å². The van der Waals surface area contributed by atoms with Crippen molar-refractivity contribution in [2.45, 2.75) is 18.7 Å². The van der Waals surface area contributed by atoms with Crippen LogP contribution in [0, 0.1) is 6.92 Å². The molecule has 0 saturated heterocycles. The third kappa shape index (κ3) is 5.44. The first-order valence-electron chi connectivity index (χ1n) is 7.85. The molecule has 146 valence electrons. The van der Waals surface area contributed by atoms with Gasteiger partial charge in [-0.3, -0.25) is 9.52 Å². The molecule has 0 radical (unpaired) electrons. The second-order valence-electron chi connectivity index (χ2n) is 5.91. The van der Waals surface area contributed by atoms with Crippen LogP contribution in [0.3, 0.4) is 0 Å². The number of amides is 1. The molecule has 0 spiro atoms. The molecule has 0 aliphatic rings. The van der Waals surface area contributed by atoms with E-state index in [0.717, 1.165) is 6.26 Å². The molecule has 27 heavy (non-hydrogen) atoms. The molecule has 2 aromatic rings. The fourth-order valence-electron chi connectivity index (χ4n) is 2.23. The summed E-state index contributed by atoms with van der Waals surface area (Å²) in [5, 5.41) is 2.69. The number of halogens is 1. The van der Waals surface area contributed by atoms with Gasteiger partial charge in [-0.2, -0.15) is 0 Å². The maximum atomic E-state index is 12.4. The lowest BCUT2D eigenvalue weighted by molar-refractivity contribution is 0.102. The van der Waals surface area contributed by atoms with Crippen molar-refractivity contribution in [1.82, 2.24) is 0 Å². The molecule has 0 unspecified atom stereocenters. The Morgan fingerprint density at radius 1 is 1.07 bits per heavy atom. The van der Waals surface area contributed by atoms with Crippen LogP contribution in [0.5, 0.6) is 0 Å². The molecule has 0 saturated carbocycles. The Kier molecular flexibility index (Phi) is 6.18. The number of carbonyl (C=O) groups excluding carboxylic acids is 1. The van der Waals surface area contributed by atoms with Crippen LogP contribution in [0.2, 0.25) is 5.02 Å². The number of sulfone groups is 1. The van der Waals surface area contributed by atoms with E-state index >= 15 is 0 Å². The van der Waals surface area contributed by atoms with Crippen molar-refractivity contribution in [3.05, 3.63) is 52.5 Å². The van der Waals surface area contributed by atoms with Gasteiger partial charge in [0.15, 0.2) is 9.84 Å². The quantitative estimate of drug-likeness (QED) is 0.731. The van der Waals surface area contributed by atoms with E-state index in [4.69, 9.17) is 11.6 Å². The third-order valence-corrected chi connectivity index (χ3v) is 6.59. The van der Waals surface area contributed by atoms with Crippen LogP contribution < -0.4 is 10.0 Å². The van der Waals surface area contributed by atoms with E-state index in [1.165, 1.54) is 25.1 Å². The van der Waals surface area contributed by atoms with E-state index in [9.17, 15) is 21.6 Å². The van der Waals surface area contributed by atoms with Crippen molar-refractivity contribution in [3.8, 4) is 0 Å². The number of sulfonamides is 1. The van der Waals surface area contributed by atoms with Gasteiger partial charge < -0.3 is 5.32 Å². The molecule has 0 heterocycles. The minimum atomic E-state index is -3.57. The van der Waals surface area contributed by atoms with Gasteiger partial charge >= 0.3 is 0 Å². The highest BCUT2D eigenvalue weighted by atomic mass is 35.5. The highest BCUT2D eigenvalue weighted by molar-refractivity contribution is 7.92. The van der Waals surface area contributed by atoms with E-state index in [0.29, 0.717) is 16.9 Å². The molecule has 7 nitrogen and oxygen atoms in total. The zero-order valence-electron chi connectivity index (χ0n) is 14.9. The Hall–Kier alpha value is -2.10. The third-order valence-electron chi connectivity index (χ3n) is 3.72. The molecule has 0 aromatic heterocycles. The summed E-state index contributed by atoms with van der Waals surface area (Å²) in [6.07, 6.45) is 1.01. The molecule has 0 atom stereocenters. The number of benzene rings is 2. The number of carbonyl (C=O) groups is 1. The monoisotopic (exact) mass is 430 g/mol. The highest BCUT2D eigenvalue weighted by Crippen LogP contribution is 2.24. The Balaban J connectivity index is 2.25. The highest BCUT2D eigenvalue weighted by Gasteiger charge is 2.16. The SMILES string of the molecule is CCS(=O)(=O)Nc1ccc(NC(=O)c2ccc(Cl)c(S(C)(=O)=O)c2)cc1C. The number of aryl methyl sites for hydroxylation is 1. The maximum Gasteiger partial charge on any atom is 0.255 e. The number of nitrogens with one attached hydrogen (secondary N) is 2. The number of anilines is 2. The Morgan fingerprint density at radius 2 is 1.74 bits per heavy atom. The van der Waals surface area contributed by atoms with E-state index in [1.54, 1.807) is 25.1 Å². The Labute approximate surface area is 163 Å². The molecule has 0 bridgehead atoms. The molecule has 1 amide bonds. The summed E-state index contributed by atoms with van der Waals surface area (Å²) < 4.78 is 49.3. The fourth-order valence-corrected chi connectivity index (χ4v) is 4.24. The summed E-state index contributed by atoms with van der Waals surface area (Å²) in [5.41, 5.74) is 1.61.